The molecule has 0 aliphatic carbocycles. The summed E-state index contributed by atoms with van der Waals surface area (Å²) in [6.45, 7) is 0.890. The lowest BCUT2D eigenvalue weighted by Gasteiger charge is -2.14. The highest BCUT2D eigenvalue weighted by Gasteiger charge is 2.14. The molecule has 1 unspecified atom stereocenters. The maximum absolute atomic E-state index is 12.0. The van der Waals surface area contributed by atoms with E-state index in [0.717, 1.165) is 10.5 Å². The number of nitrogens with zero attached hydrogens (tertiary/aromatic N) is 1. The van der Waals surface area contributed by atoms with Crippen molar-refractivity contribution in [3.63, 3.8) is 0 Å². The monoisotopic (exact) mass is 354 g/mol. The molecule has 2 rings (SSSR count). The summed E-state index contributed by atoms with van der Waals surface area (Å²) in [5.41, 5.74) is 1.42. The molecule has 0 fully saturated rings. The lowest BCUT2D eigenvalue weighted by molar-refractivity contribution is -0.885. The van der Waals surface area contributed by atoms with E-state index >= 15 is 0 Å². The molecule has 7 heteroatoms. The molecule has 0 saturated heterocycles. The van der Waals surface area contributed by atoms with Gasteiger partial charge in [-0.05, 0) is 23.6 Å². The minimum atomic E-state index is -0.137. The van der Waals surface area contributed by atoms with Gasteiger partial charge in [0.1, 0.15) is 17.6 Å². The van der Waals surface area contributed by atoms with E-state index in [1.54, 1.807) is 23.6 Å². The Bertz CT molecular complexity index is 724. The van der Waals surface area contributed by atoms with Crippen molar-refractivity contribution in [3.8, 4) is 6.07 Å². The number of rotatable bonds is 5. The van der Waals surface area contributed by atoms with Gasteiger partial charge in [0.25, 0.3) is 5.91 Å². The summed E-state index contributed by atoms with van der Waals surface area (Å²) in [6, 6.07) is 9.06. The summed E-state index contributed by atoms with van der Waals surface area (Å²) in [5.74, 6) is -0.137. The summed E-state index contributed by atoms with van der Waals surface area (Å²) in [5, 5.41) is 15.2. The molecule has 0 bridgehead atoms. The number of nitriles is 1. The molecule has 114 valence electrons. The molecule has 1 aromatic carbocycles. The Balaban J connectivity index is 1.93. The molecule has 2 N–H and O–H groups in total. The molecule has 0 saturated carbocycles. The zero-order chi connectivity index (χ0) is 16.1. The van der Waals surface area contributed by atoms with Gasteiger partial charge in [0.2, 0.25) is 0 Å². The van der Waals surface area contributed by atoms with Crippen LogP contribution in [0.25, 0.3) is 0 Å². The van der Waals surface area contributed by atoms with E-state index in [9.17, 15) is 4.79 Å². The minimum Gasteiger partial charge on any atom is -0.326 e. The first-order chi connectivity index (χ1) is 10.5. The Labute approximate surface area is 142 Å². The van der Waals surface area contributed by atoms with Crippen molar-refractivity contribution in [1.82, 2.24) is 0 Å². The van der Waals surface area contributed by atoms with Crippen LogP contribution in [0.15, 0.2) is 29.6 Å². The maximum Gasteiger partial charge on any atom is 0.280 e. The number of carbonyl (C=O) groups is 1. The SMILES string of the molecule is C[NH+](CC(=O)Nc1sccc1C#N)Cc1ccc(Cl)cc1Cl. The minimum absolute atomic E-state index is 0.137. The molecule has 22 heavy (non-hydrogen) atoms. The Morgan fingerprint density at radius 1 is 1.41 bits per heavy atom. The van der Waals surface area contributed by atoms with E-state index in [2.05, 4.69) is 5.32 Å². The third kappa shape index (κ3) is 4.46. The second kappa shape index (κ2) is 7.61. The molecule has 1 amide bonds. The highest BCUT2D eigenvalue weighted by Crippen LogP contribution is 2.22. The number of amides is 1. The lowest BCUT2D eigenvalue weighted by Crippen LogP contribution is -3.08. The molecule has 0 spiro atoms. The Kier molecular flexibility index (Phi) is 5.81. The normalized spacial score (nSPS) is 11.7. The van der Waals surface area contributed by atoms with Crippen molar-refractivity contribution >= 4 is 45.4 Å². The second-order valence-electron chi connectivity index (χ2n) is 4.87. The molecule has 0 aliphatic rings. The zero-order valence-corrected chi connectivity index (χ0v) is 14.1. The van der Waals surface area contributed by atoms with Gasteiger partial charge in [-0.15, -0.1) is 11.3 Å². The number of likely N-dealkylation sites (N-methyl/N-ethyl adjacent to an activating group) is 1. The second-order valence-corrected chi connectivity index (χ2v) is 6.63. The molecule has 0 radical (unpaired) electrons. The number of anilines is 1. The first-order valence-electron chi connectivity index (χ1n) is 6.52. The van der Waals surface area contributed by atoms with Gasteiger partial charge in [-0.2, -0.15) is 5.26 Å². The molecule has 1 heterocycles. The number of halogens is 2. The fourth-order valence-electron chi connectivity index (χ4n) is 1.99. The number of benzene rings is 1. The van der Waals surface area contributed by atoms with Gasteiger partial charge in [0.15, 0.2) is 6.54 Å². The zero-order valence-electron chi connectivity index (χ0n) is 11.8. The van der Waals surface area contributed by atoms with Crippen molar-refractivity contribution in [2.45, 2.75) is 6.54 Å². The van der Waals surface area contributed by atoms with Gasteiger partial charge in [-0.25, -0.2) is 0 Å². The Hall–Kier alpha value is -1.58. The van der Waals surface area contributed by atoms with Gasteiger partial charge in [-0.1, -0.05) is 29.3 Å². The summed E-state index contributed by atoms with van der Waals surface area (Å²) in [7, 11) is 1.91. The molecular weight excluding hydrogens is 341 g/mol. The fraction of sp³-hybridized carbons (Fsp3) is 0.200. The Morgan fingerprint density at radius 2 is 2.18 bits per heavy atom. The maximum atomic E-state index is 12.0. The van der Waals surface area contributed by atoms with E-state index in [0.29, 0.717) is 27.2 Å². The molecule has 0 aliphatic heterocycles. The van der Waals surface area contributed by atoms with Crippen molar-refractivity contribution in [2.24, 2.45) is 0 Å². The quantitative estimate of drug-likeness (QED) is 0.866. The van der Waals surface area contributed by atoms with Crippen LogP contribution in [0.5, 0.6) is 0 Å². The van der Waals surface area contributed by atoms with Crippen LogP contribution >= 0.6 is 34.5 Å². The van der Waals surface area contributed by atoms with Crippen molar-refractivity contribution in [1.29, 1.82) is 5.26 Å². The number of quaternary nitrogens is 1. The number of hydrogen-bond acceptors (Lipinski definition) is 3. The fourth-order valence-corrected chi connectivity index (χ4v) is 3.22. The summed E-state index contributed by atoms with van der Waals surface area (Å²) < 4.78 is 0. The highest BCUT2D eigenvalue weighted by atomic mass is 35.5. The van der Waals surface area contributed by atoms with Crippen molar-refractivity contribution in [2.75, 3.05) is 18.9 Å². The van der Waals surface area contributed by atoms with Crippen LogP contribution in [0.3, 0.4) is 0 Å². The van der Waals surface area contributed by atoms with Crippen LogP contribution in [0, 0.1) is 11.3 Å². The number of nitrogens with one attached hydrogen (secondary N) is 2. The van der Waals surface area contributed by atoms with E-state index in [1.165, 1.54) is 11.3 Å². The Morgan fingerprint density at radius 3 is 2.86 bits per heavy atom. The summed E-state index contributed by atoms with van der Waals surface area (Å²) in [4.78, 5) is 13.0. The molecule has 2 aromatic rings. The molecule has 1 aromatic heterocycles. The summed E-state index contributed by atoms with van der Waals surface area (Å²) in [6.07, 6.45) is 0. The lowest BCUT2D eigenvalue weighted by atomic mass is 10.2. The third-order valence-corrected chi connectivity index (χ3v) is 4.43. The average Bonchev–Trinajstić information content (AvgIpc) is 2.88. The molecular formula is C15H14Cl2N3OS+. The third-order valence-electron chi connectivity index (χ3n) is 3.01. The van der Waals surface area contributed by atoms with Crippen LogP contribution < -0.4 is 10.2 Å². The van der Waals surface area contributed by atoms with Gasteiger partial charge >= 0.3 is 0 Å². The van der Waals surface area contributed by atoms with E-state index in [4.69, 9.17) is 28.5 Å². The first kappa shape index (κ1) is 16.8. The van der Waals surface area contributed by atoms with Crippen LogP contribution in [-0.4, -0.2) is 19.5 Å². The van der Waals surface area contributed by atoms with Crippen LogP contribution in [-0.2, 0) is 11.3 Å². The van der Waals surface area contributed by atoms with E-state index in [-0.39, 0.29) is 12.5 Å². The summed E-state index contributed by atoms with van der Waals surface area (Å²) >= 11 is 13.3. The standard InChI is InChI=1S/C15H13Cl2N3OS/c1-20(8-11-2-3-12(16)6-13(11)17)9-14(21)19-15-10(7-18)4-5-22-15/h2-6H,8-9H2,1H3,(H,19,21)/p+1. The predicted octanol–water partition coefficient (Wildman–Crippen LogP) is 2.58. The van der Waals surface area contributed by atoms with Crippen molar-refractivity contribution in [3.05, 3.63) is 50.8 Å². The predicted molar refractivity (Wildman–Crippen MR) is 89.6 cm³/mol. The number of thiophene rings is 1. The largest absolute Gasteiger partial charge is 0.326 e. The van der Waals surface area contributed by atoms with Gasteiger partial charge < -0.3 is 10.2 Å². The van der Waals surface area contributed by atoms with Gasteiger partial charge in [-0.3, -0.25) is 4.79 Å². The topological polar surface area (TPSA) is 57.3 Å². The first-order valence-corrected chi connectivity index (χ1v) is 8.16. The highest BCUT2D eigenvalue weighted by molar-refractivity contribution is 7.14. The number of hydrogen-bond donors (Lipinski definition) is 2. The van der Waals surface area contributed by atoms with E-state index in [1.807, 2.05) is 19.2 Å². The smallest absolute Gasteiger partial charge is 0.280 e. The van der Waals surface area contributed by atoms with Crippen LogP contribution in [0.2, 0.25) is 10.0 Å². The molecule has 1 atom stereocenters. The van der Waals surface area contributed by atoms with E-state index < -0.39 is 0 Å². The average molecular weight is 355 g/mol. The molecule has 4 nitrogen and oxygen atoms in total. The van der Waals surface area contributed by atoms with Crippen LogP contribution in [0.4, 0.5) is 5.00 Å². The van der Waals surface area contributed by atoms with Crippen LogP contribution in [0.1, 0.15) is 11.1 Å². The van der Waals surface area contributed by atoms with Crippen molar-refractivity contribution < 1.29 is 9.69 Å². The van der Waals surface area contributed by atoms with Gasteiger partial charge in [0.05, 0.1) is 17.6 Å². The number of carbonyl (C=O) groups excluding carboxylic acids is 1. The van der Waals surface area contributed by atoms with Gasteiger partial charge in [0, 0.05) is 10.6 Å².